The van der Waals surface area contributed by atoms with Crippen LogP contribution in [0.1, 0.15) is 0 Å². The highest BCUT2D eigenvalue weighted by atomic mass is 16.5. The molecule has 9 heteroatoms. The number of nitrogens with one attached hydrogen (secondary N) is 2. The van der Waals surface area contributed by atoms with Crippen LogP contribution in [0.25, 0.3) is 0 Å². The van der Waals surface area contributed by atoms with Crippen molar-refractivity contribution in [1.82, 2.24) is 15.0 Å². The van der Waals surface area contributed by atoms with Crippen molar-refractivity contribution in [2.45, 2.75) is 0 Å². The lowest BCUT2D eigenvalue weighted by molar-refractivity contribution is 0.324. The molecule has 2 aromatic carbocycles. The van der Waals surface area contributed by atoms with E-state index in [2.05, 4.69) is 25.6 Å². The molecule has 0 aliphatic heterocycles. The summed E-state index contributed by atoms with van der Waals surface area (Å²) in [4.78, 5) is 12.7. The van der Waals surface area contributed by atoms with E-state index in [4.69, 9.17) is 18.9 Å². The van der Waals surface area contributed by atoms with Gasteiger partial charge in [-0.2, -0.15) is 4.98 Å². The molecular formula is C19H21N5O4. The number of aromatic nitrogens is 3. The number of nitrogens with zero attached hydrogens (tertiary/aromatic N) is 3. The van der Waals surface area contributed by atoms with Crippen LogP contribution in [0.2, 0.25) is 0 Å². The van der Waals surface area contributed by atoms with Crippen molar-refractivity contribution in [1.29, 1.82) is 0 Å². The van der Waals surface area contributed by atoms with Crippen molar-refractivity contribution in [3.05, 3.63) is 42.7 Å². The number of para-hydroxylation sites is 2. The summed E-state index contributed by atoms with van der Waals surface area (Å²) in [5.74, 6) is 2.94. The summed E-state index contributed by atoms with van der Waals surface area (Å²) in [6, 6.07) is 11.0. The lowest BCUT2D eigenvalue weighted by Gasteiger charge is -2.15. The quantitative estimate of drug-likeness (QED) is 0.606. The molecule has 146 valence electrons. The Labute approximate surface area is 162 Å². The molecule has 0 amide bonds. The van der Waals surface area contributed by atoms with Crippen LogP contribution in [-0.2, 0) is 0 Å². The number of hydrogen-bond acceptors (Lipinski definition) is 9. The molecule has 3 aromatic rings. The van der Waals surface area contributed by atoms with Crippen LogP contribution in [0.4, 0.5) is 23.3 Å². The molecule has 3 rings (SSSR count). The SMILES string of the molecule is COc1ccccc1Nc1ncnc(Nc2cc(OC)c(OC)c(OC)c2)n1. The van der Waals surface area contributed by atoms with Gasteiger partial charge in [-0.15, -0.1) is 0 Å². The molecule has 0 spiro atoms. The molecule has 28 heavy (non-hydrogen) atoms. The first kappa shape index (κ1) is 19.0. The molecule has 0 bridgehead atoms. The van der Waals surface area contributed by atoms with Gasteiger partial charge in [-0.1, -0.05) is 12.1 Å². The van der Waals surface area contributed by atoms with Gasteiger partial charge < -0.3 is 29.6 Å². The average Bonchev–Trinajstić information content (AvgIpc) is 2.73. The van der Waals surface area contributed by atoms with Gasteiger partial charge in [0.25, 0.3) is 0 Å². The van der Waals surface area contributed by atoms with Crippen LogP contribution < -0.4 is 29.6 Å². The second-order valence-corrected chi connectivity index (χ2v) is 5.50. The third-order valence-corrected chi connectivity index (χ3v) is 3.85. The van der Waals surface area contributed by atoms with Crippen molar-refractivity contribution >= 4 is 23.3 Å². The van der Waals surface area contributed by atoms with Gasteiger partial charge in [0, 0.05) is 17.8 Å². The Hall–Kier alpha value is -3.75. The Morgan fingerprint density at radius 1 is 0.714 bits per heavy atom. The van der Waals surface area contributed by atoms with Crippen molar-refractivity contribution < 1.29 is 18.9 Å². The number of rotatable bonds is 8. The number of benzene rings is 2. The van der Waals surface area contributed by atoms with E-state index in [0.717, 1.165) is 5.69 Å². The molecule has 0 unspecified atom stereocenters. The zero-order valence-corrected chi connectivity index (χ0v) is 16.0. The molecule has 0 radical (unpaired) electrons. The third-order valence-electron chi connectivity index (χ3n) is 3.85. The highest BCUT2D eigenvalue weighted by Gasteiger charge is 2.14. The van der Waals surface area contributed by atoms with Gasteiger partial charge in [-0.05, 0) is 12.1 Å². The third kappa shape index (κ3) is 4.14. The largest absolute Gasteiger partial charge is 0.495 e. The van der Waals surface area contributed by atoms with Crippen molar-refractivity contribution in [3.63, 3.8) is 0 Å². The maximum Gasteiger partial charge on any atom is 0.232 e. The molecule has 0 atom stereocenters. The standard InChI is InChI=1S/C19H21N5O4/c1-25-14-8-6-5-7-13(14)23-19-21-11-20-18(24-19)22-12-9-15(26-2)17(28-4)16(10-12)27-3/h5-11H,1-4H3,(H2,20,21,22,23,24). The maximum atomic E-state index is 5.36. The Morgan fingerprint density at radius 3 is 1.93 bits per heavy atom. The number of hydrogen-bond donors (Lipinski definition) is 2. The van der Waals surface area contributed by atoms with E-state index in [1.165, 1.54) is 6.33 Å². The summed E-state index contributed by atoms with van der Waals surface area (Å²) in [6.07, 6.45) is 1.41. The molecule has 0 saturated heterocycles. The average molecular weight is 383 g/mol. The normalized spacial score (nSPS) is 10.1. The summed E-state index contributed by atoms with van der Waals surface area (Å²) in [5.41, 5.74) is 1.42. The van der Waals surface area contributed by atoms with E-state index < -0.39 is 0 Å². The number of anilines is 4. The Balaban J connectivity index is 1.85. The molecule has 0 saturated carbocycles. The first-order valence-corrected chi connectivity index (χ1v) is 8.34. The molecule has 2 N–H and O–H groups in total. The van der Waals surface area contributed by atoms with Gasteiger partial charge in [0.15, 0.2) is 11.5 Å². The minimum atomic E-state index is 0.349. The Bertz CT molecular complexity index is 926. The first-order chi connectivity index (χ1) is 13.7. The van der Waals surface area contributed by atoms with E-state index in [0.29, 0.717) is 40.6 Å². The zero-order valence-electron chi connectivity index (χ0n) is 16.0. The maximum absolute atomic E-state index is 5.36. The molecule has 0 aliphatic rings. The van der Waals surface area contributed by atoms with Crippen molar-refractivity contribution in [2.24, 2.45) is 0 Å². The summed E-state index contributed by atoms with van der Waals surface area (Å²) in [7, 11) is 6.26. The van der Waals surface area contributed by atoms with E-state index in [1.807, 2.05) is 24.3 Å². The van der Waals surface area contributed by atoms with E-state index >= 15 is 0 Å². The van der Waals surface area contributed by atoms with Gasteiger partial charge in [-0.3, -0.25) is 0 Å². The molecule has 0 fully saturated rings. The summed E-state index contributed by atoms with van der Waals surface area (Å²) in [6.45, 7) is 0. The molecule has 9 nitrogen and oxygen atoms in total. The van der Waals surface area contributed by atoms with Gasteiger partial charge >= 0.3 is 0 Å². The van der Waals surface area contributed by atoms with Crippen LogP contribution in [0.3, 0.4) is 0 Å². The van der Waals surface area contributed by atoms with E-state index in [-0.39, 0.29) is 0 Å². The highest BCUT2D eigenvalue weighted by Crippen LogP contribution is 2.40. The lowest BCUT2D eigenvalue weighted by atomic mass is 10.2. The van der Waals surface area contributed by atoms with Gasteiger partial charge in [0.05, 0.1) is 34.1 Å². The Kier molecular flexibility index (Phi) is 5.95. The van der Waals surface area contributed by atoms with Crippen molar-refractivity contribution in [2.75, 3.05) is 39.1 Å². The first-order valence-electron chi connectivity index (χ1n) is 8.34. The topological polar surface area (TPSA) is 99.7 Å². The van der Waals surface area contributed by atoms with Crippen LogP contribution >= 0.6 is 0 Å². The predicted octanol–water partition coefficient (Wildman–Crippen LogP) is 3.39. The smallest absolute Gasteiger partial charge is 0.232 e. The lowest BCUT2D eigenvalue weighted by Crippen LogP contribution is -2.04. The minimum Gasteiger partial charge on any atom is -0.495 e. The Morgan fingerprint density at radius 2 is 1.32 bits per heavy atom. The second kappa shape index (κ2) is 8.76. The zero-order chi connectivity index (χ0) is 19.9. The minimum absolute atomic E-state index is 0.349. The molecule has 0 aliphatic carbocycles. The molecule has 1 aromatic heterocycles. The number of methoxy groups -OCH3 is 4. The number of ether oxygens (including phenoxy) is 4. The van der Waals surface area contributed by atoms with E-state index in [1.54, 1.807) is 40.6 Å². The van der Waals surface area contributed by atoms with Gasteiger partial charge in [-0.25, -0.2) is 9.97 Å². The fraction of sp³-hybridized carbons (Fsp3) is 0.211. The van der Waals surface area contributed by atoms with Gasteiger partial charge in [0.2, 0.25) is 17.6 Å². The monoisotopic (exact) mass is 383 g/mol. The second-order valence-electron chi connectivity index (χ2n) is 5.50. The fourth-order valence-electron chi connectivity index (χ4n) is 2.57. The van der Waals surface area contributed by atoms with Gasteiger partial charge in [0.1, 0.15) is 12.1 Å². The van der Waals surface area contributed by atoms with Crippen LogP contribution in [0.15, 0.2) is 42.7 Å². The van der Waals surface area contributed by atoms with Crippen LogP contribution in [-0.4, -0.2) is 43.4 Å². The summed E-state index contributed by atoms with van der Waals surface area (Å²) in [5, 5.41) is 6.23. The highest BCUT2D eigenvalue weighted by molar-refractivity contribution is 5.67. The summed E-state index contributed by atoms with van der Waals surface area (Å²) >= 11 is 0. The fourth-order valence-corrected chi connectivity index (χ4v) is 2.57. The molecular weight excluding hydrogens is 362 g/mol. The van der Waals surface area contributed by atoms with E-state index in [9.17, 15) is 0 Å². The van der Waals surface area contributed by atoms with Crippen LogP contribution in [0, 0.1) is 0 Å². The predicted molar refractivity (Wildman–Crippen MR) is 105 cm³/mol. The molecule has 1 heterocycles. The van der Waals surface area contributed by atoms with Crippen molar-refractivity contribution in [3.8, 4) is 23.0 Å². The van der Waals surface area contributed by atoms with Crippen LogP contribution in [0.5, 0.6) is 23.0 Å². The summed E-state index contributed by atoms with van der Waals surface area (Å²) < 4.78 is 21.4.